The molecule has 0 unspecified atom stereocenters. The van der Waals surface area contributed by atoms with Crippen LogP contribution in [0.4, 0.5) is 0 Å². The molecule has 0 spiro atoms. The Hall–Kier alpha value is -1.82. The Kier molecular flexibility index (Phi) is 3.24. The zero-order valence-corrected chi connectivity index (χ0v) is 7.95. The van der Waals surface area contributed by atoms with E-state index in [4.69, 9.17) is 10.4 Å². The lowest BCUT2D eigenvalue weighted by atomic mass is 10.00. The van der Waals surface area contributed by atoms with E-state index < -0.39 is 5.97 Å². The number of carbonyl (C=O) groups is 1. The van der Waals surface area contributed by atoms with Gasteiger partial charge in [0, 0.05) is 0 Å². The maximum absolute atomic E-state index is 10.5. The maximum atomic E-state index is 10.5. The van der Waals surface area contributed by atoms with Crippen molar-refractivity contribution in [2.45, 2.75) is 19.8 Å². The fraction of sp³-hybridized carbons (Fsp3) is 0.273. The zero-order chi connectivity index (χ0) is 10.6. The maximum Gasteiger partial charge on any atom is 0.307 e. The number of aliphatic carboxylic acids is 1. The first kappa shape index (κ1) is 10.3. The van der Waals surface area contributed by atoms with Crippen LogP contribution in [0.2, 0.25) is 0 Å². The average Bonchev–Trinajstić information content (AvgIpc) is 2.17. The first-order valence-electron chi connectivity index (χ1n) is 4.41. The SMILES string of the molecule is CCc1cc(C#N)ccc1CC(=O)O. The van der Waals surface area contributed by atoms with E-state index in [1.54, 1.807) is 18.2 Å². The predicted octanol–water partition coefficient (Wildman–Crippen LogP) is 1.75. The van der Waals surface area contributed by atoms with Crippen molar-refractivity contribution in [2.75, 3.05) is 0 Å². The molecule has 0 aromatic heterocycles. The van der Waals surface area contributed by atoms with E-state index in [9.17, 15) is 4.79 Å². The van der Waals surface area contributed by atoms with Crippen molar-refractivity contribution in [2.24, 2.45) is 0 Å². The van der Waals surface area contributed by atoms with Gasteiger partial charge in [-0.15, -0.1) is 0 Å². The lowest BCUT2D eigenvalue weighted by Gasteiger charge is -2.05. The number of hydrogen-bond acceptors (Lipinski definition) is 2. The summed E-state index contributed by atoms with van der Waals surface area (Å²) < 4.78 is 0. The van der Waals surface area contributed by atoms with Crippen LogP contribution in [0.1, 0.15) is 23.6 Å². The molecule has 3 heteroatoms. The minimum Gasteiger partial charge on any atom is -0.481 e. The molecule has 0 aliphatic rings. The highest BCUT2D eigenvalue weighted by Gasteiger charge is 2.06. The van der Waals surface area contributed by atoms with Gasteiger partial charge >= 0.3 is 5.97 Å². The largest absolute Gasteiger partial charge is 0.481 e. The third kappa shape index (κ3) is 2.33. The molecule has 0 fully saturated rings. The van der Waals surface area contributed by atoms with Gasteiger partial charge in [-0.2, -0.15) is 5.26 Å². The summed E-state index contributed by atoms with van der Waals surface area (Å²) >= 11 is 0. The van der Waals surface area contributed by atoms with Crippen molar-refractivity contribution < 1.29 is 9.90 Å². The van der Waals surface area contributed by atoms with Crippen LogP contribution in [-0.2, 0) is 17.6 Å². The molecule has 0 heterocycles. The Labute approximate surface area is 82.6 Å². The van der Waals surface area contributed by atoms with E-state index >= 15 is 0 Å². The van der Waals surface area contributed by atoms with Crippen LogP contribution < -0.4 is 0 Å². The highest BCUT2D eigenvalue weighted by molar-refractivity contribution is 5.70. The van der Waals surface area contributed by atoms with Gasteiger partial charge in [-0.25, -0.2) is 0 Å². The van der Waals surface area contributed by atoms with Gasteiger partial charge in [0.1, 0.15) is 0 Å². The number of nitriles is 1. The molecule has 0 aliphatic heterocycles. The minimum absolute atomic E-state index is 0.0227. The number of rotatable bonds is 3. The quantitative estimate of drug-likeness (QED) is 0.787. The van der Waals surface area contributed by atoms with Crippen LogP contribution >= 0.6 is 0 Å². The monoisotopic (exact) mass is 189 g/mol. The minimum atomic E-state index is -0.843. The molecule has 0 amide bonds. The van der Waals surface area contributed by atoms with Crippen LogP contribution in [0.15, 0.2) is 18.2 Å². The summed E-state index contributed by atoms with van der Waals surface area (Å²) in [7, 11) is 0. The fourth-order valence-corrected chi connectivity index (χ4v) is 1.36. The summed E-state index contributed by atoms with van der Waals surface area (Å²) in [6.07, 6.45) is 0.771. The summed E-state index contributed by atoms with van der Waals surface area (Å²) in [6, 6.07) is 7.15. The highest BCUT2D eigenvalue weighted by Crippen LogP contribution is 2.13. The van der Waals surface area contributed by atoms with Crippen molar-refractivity contribution in [3.05, 3.63) is 34.9 Å². The lowest BCUT2D eigenvalue weighted by Crippen LogP contribution is -2.03. The van der Waals surface area contributed by atoms with E-state index in [1.165, 1.54) is 0 Å². The average molecular weight is 189 g/mol. The molecule has 0 saturated carbocycles. The van der Waals surface area contributed by atoms with Crippen LogP contribution in [-0.4, -0.2) is 11.1 Å². The molecule has 14 heavy (non-hydrogen) atoms. The fourth-order valence-electron chi connectivity index (χ4n) is 1.36. The third-order valence-corrected chi connectivity index (χ3v) is 2.06. The van der Waals surface area contributed by atoms with Crippen LogP contribution in [0.25, 0.3) is 0 Å². The first-order valence-corrected chi connectivity index (χ1v) is 4.41. The molecule has 0 atom stereocenters. The third-order valence-electron chi connectivity index (χ3n) is 2.06. The van der Waals surface area contributed by atoms with Crippen LogP contribution in [0.3, 0.4) is 0 Å². The normalized spacial score (nSPS) is 9.43. The van der Waals surface area contributed by atoms with Gasteiger partial charge in [-0.1, -0.05) is 13.0 Å². The Morgan fingerprint density at radius 1 is 1.50 bits per heavy atom. The molecule has 0 aliphatic carbocycles. The smallest absolute Gasteiger partial charge is 0.307 e. The van der Waals surface area contributed by atoms with E-state index in [0.717, 1.165) is 17.5 Å². The van der Waals surface area contributed by atoms with E-state index in [-0.39, 0.29) is 6.42 Å². The molecular weight excluding hydrogens is 178 g/mol. The summed E-state index contributed by atoms with van der Waals surface area (Å²) in [4.78, 5) is 10.5. The van der Waals surface area contributed by atoms with Gasteiger partial charge in [0.2, 0.25) is 0 Å². The first-order chi connectivity index (χ1) is 6.67. The Balaban J connectivity index is 3.06. The van der Waals surface area contributed by atoms with Crippen LogP contribution in [0, 0.1) is 11.3 Å². The Bertz CT molecular complexity index is 391. The molecule has 0 radical (unpaired) electrons. The number of aryl methyl sites for hydroxylation is 1. The van der Waals surface area contributed by atoms with Gasteiger partial charge in [0.05, 0.1) is 18.1 Å². The van der Waals surface area contributed by atoms with Gasteiger partial charge in [0.15, 0.2) is 0 Å². The molecular formula is C11H11NO2. The number of benzene rings is 1. The molecule has 1 aromatic carbocycles. The highest BCUT2D eigenvalue weighted by atomic mass is 16.4. The van der Waals surface area contributed by atoms with Crippen molar-refractivity contribution >= 4 is 5.97 Å². The second-order valence-electron chi connectivity index (χ2n) is 3.02. The zero-order valence-electron chi connectivity index (χ0n) is 7.95. The van der Waals surface area contributed by atoms with Crippen LogP contribution in [0.5, 0.6) is 0 Å². The van der Waals surface area contributed by atoms with Gasteiger partial charge in [0.25, 0.3) is 0 Å². The second-order valence-corrected chi connectivity index (χ2v) is 3.02. The van der Waals surface area contributed by atoms with Crippen molar-refractivity contribution in [1.29, 1.82) is 5.26 Å². The summed E-state index contributed by atoms with van der Waals surface area (Å²) in [5.41, 5.74) is 2.31. The number of hydrogen-bond donors (Lipinski definition) is 1. The van der Waals surface area contributed by atoms with E-state index in [2.05, 4.69) is 0 Å². The van der Waals surface area contributed by atoms with Gasteiger partial charge in [-0.3, -0.25) is 4.79 Å². The van der Waals surface area contributed by atoms with Crippen molar-refractivity contribution in [3.63, 3.8) is 0 Å². The van der Waals surface area contributed by atoms with Crippen molar-refractivity contribution in [3.8, 4) is 6.07 Å². The molecule has 1 aromatic rings. The Morgan fingerprint density at radius 3 is 2.71 bits per heavy atom. The predicted molar refractivity (Wildman–Crippen MR) is 51.9 cm³/mol. The molecule has 3 nitrogen and oxygen atoms in total. The Morgan fingerprint density at radius 2 is 2.21 bits per heavy atom. The number of carboxylic acids is 1. The molecule has 0 saturated heterocycles. The van der Waals surface area contributed by atoms with E-state index in [1.807, 2.05) is 13.0 Å². The molecule has 1 N–H and O–H groups in total. The van der Waals surface area contributed by atoms with Gasteiger partial charge in [-0.05, 0) is 29.7 Å². The summed E-state index contributed by atoms with van der Waals surface area (Å²) in [6.45, 7) is 1.95. The van der Waals surface area contributed by atoms with Gasteiger partial charge < -0.3 is 5.11 Å². The van der Waals surface area contributed by atoms with E-state index in [0.29, 0.717) is 5.56 Å². The molecule has 72 valence electrons. The summed E-state index contributed by atoms with van der Waals surface area (Å²) in [5.74, 6) is -0.843. The number of carboxylic acid groups (broad SMARTS) is 1. The lowest BCUT2D eigenvalue weighted by molar-refractivity contribution is -0.136. The number of nitrogens with zero attached hydrogens (tertiary/aromatic N) is 1. The molecule has 1 rings (SSSR count). The molecule has 0 bridgehead atoms. The summed E-state index contributed by atoms with van der Waals surface area (Å²) in [5, 5.41) is 17.3. The second kappa shape index (κ2) is 4.43. The topological polar surface area (TPSA) is 61.1 Å². The van der Waals surface area contributed by atoms with Crippen molar-refractivity contribution in [1.82, 2.24) is 0 Å². The standard InChI is InChI=1S/C11H11NO2/c1-2-9-5-8(7-12)3-4-10(9)6-11(13)14/h3-5H,2,6H2,1H3,(H,13,14).